The summed E-state index contributed by atoms with van der Waals surface area (Å²) in [4.78, 5) is 12.3. The van der Waals surface area contributed by atoms with Crippen LogP contribution < -0.4 is 5.32 Å². The molecule has 0 aliphatic heterocycles. The molecular weight excluding hydrogens is 309 g/mol. The van der Waals surface area contributed by atoms with Crippen LogP contribution in [0.15, 0.2) is 18.2 Å². The number of amides is 1. The first-order chi connectivity index (χ1) is 9.96. The van der Waals surface area contributed by atoms with E-state index in [2.05, 4.69) is 12.2 Å². The summed E-state index contributed by atoms with van der Waals surface area (Å²) in [5, 5.41) is 13.7. The molecule has 21 heavy (non-hydrogen) atoms. The molecular formula is C16H21Cl2NO2. The van der Waals surface area contributed by atoms with Crippen LogP contribution in [0, 0.1) is 5.92 Å². The van der Waals surface area contributed by atoms with E-state index in [-0.39, 0.29) is 18.9 Å². The lowest BCUT2D eigenvalue weighted by Crippen LogP contribution is -2.54. The Morgan fingerprint density at radius 2 is 2.10 bits per heavy atom. The molecule has 1 aromatic rings. The van der Waals surface area contributed by atoms with Crippen molar-refractivity contribution in [3.63, 3.8) is 0 Å². The second-order valence-corrected chi connectivity index (χ2v) is 6.88. The molecule has 1 aromatic carbocycles. The van der Waals surface area contributed by atoms with Gasteiger partial charge >= 0.3 is 0 Å². The summed E-state index contributed by atoms with van der Waals surface area (Å²) in [7, 11) is 0. The summed E-state index contributed by atoms with van der Waals surface area (Å²) in [6.07, 6.45) is 3.93. The van der Waals surface area contributed by atoms with Gasteiger partial charge in [0.25, 0.3) is 0 Å². The maximum Gasteiger partial charge on any atom is 0.225 e. The third-order valence-corrected chi connectivity index (χ3v) is 4.91. The Morgan fingerprint density at radius 3 is 2.67 bits per heavy atom. The van der Waals surface area contributed by atoms with Gasteiger partial charge in [-0.15, -0.1) is 0 Å². The zero-order valence-electron chi connectivity index (χ0n) is 12.2. The van der Waals surface area contributed by atoms with Crippen LogP contribution in [0.2, 0.25) is 10.0 Å². The number of rotatable bonds is 4. The summed E-state index contributed by atoms with van der Waals surface area (Å²) in [6.45, 7) is 2.12. The maximum atomic E-state index is 12.3. The molecule has 0 saturated heterocycles. The van der Waals surface area contributed by atoms with Gasteiger partial charge in [0.15, 0.2) is 0 Å². The molecule has 0 heterocycles. The lowest BCUT2D eigenvalue weighted by atomic mass is 9.76. The van der Waals surface area contributed by atoms with E-state index in [4.69, 9.17) is 23.2 Å². The molecule has 1 fully saturated rings. The van der Waals surface area contributed by atoms with Crippen LogP contribution in [0.5, 0.6) is 0 Å². The quantitative estimate of drug-likeness (QED) is 0.886. The van der Waals surface area contributed by atoms with E-state index < -0.39 is 5.54 Å². The molecule has 2 atom stereocenters. The predicted octanol–water partition coefficient (Wildman–Crippen LogP) is 3.59. The number of aliphatic hydroxyl groups excluding tert-OH is 1. The number of carbonyl (C=O) groups excluding carboxylic acids is 1. The Bertz CT molecular complexity index is 501. The van der Waals surface area contributed by atoms with Crippen molar-refractivity contribution in [1.82, 2.24) is 5.32 Å². The van der Waals surface area contributed by atoms with Crippen molar-refractivity contribution in [2.24, 2.45) is 5.92 Å². The number of hydrogen-bond acceptors (Lipinski definition) is 2. The number of halogens is 2. The summed E-state index contributed by atoms with van der Waals surface area (Å²) >= 11 is 12.2. The molecule has 2 N–H and O–H groups in total. The smallest absolute Gasteiger partial charge is 0.225 e. The van der Waals surface area contributed by atoms with Gasteiger partial charge in [0.2, 0.25) is 5.91 Å². The topological polar surface area (TPSA) is 49.3 Å². The second-order valence-electron chi connectivity index (χ2n) is 6.07. The summed E-state index contributed by atoms with van der Waals surface area (Å²) in [5.41, 5.74) is 0.137. The monoisotopic (exact) mass is 329 g/mol. The first-order valence-corrected chi connectivity index (χ1v) is 8.06. The van der Waals surface area contributed by atoms with Crippen molar-refractivity contribution in [3.05, 3.63) is 33.8 Å². The largest absolute Gasteiger partial charge is 0.394 e. The lowest BCUT2D eigenvalue weighted by Gasteiger charge is -2.39. The first kappa shape index (κ1) is 16.6. The van der Waals surface area contributed by atoms with Gasteiger partial charge in [0.05, 0.1) is 18.6 Å². The van der Waals surface area contributed by atoms with E-state index in [9.17, 15) is 9.90 Å². The molecule has 1 aliphatic carbocycles. The summed E-state index contributed by atoms with van der Waals surface area (Å²) < 4.78 is 0. The van der Waals surface area contributed by atoms with Crippen molar-refractivity contribution in [1.29, 1.82) is 0 Å². The highest BCUT2D eigenvalue weighted by Gasteiger charge is 2.35. The number of carbonyl (C=O) groups is 1. The average Bonchev–Trinajstić information content (AvgIpc) is 2.43. The van der Waals surface area contributed by atoms with Gasteiger partial charge in [-0.3, -0.25) is 4.79 Å². The minimum absolute atomic E-state index is 0.0284. The number of nitrogens with one attached hydrogen (secondary N) is 1. The van der Waals surface area contributed by atoms with E-state index in [1.807, 2.05) is 0 Å². The molecule has 1 saturated carbocycles. The number of benzene rings is 1. The maximum absolute atomic E-state index is 12.3. The third kappa shape index (κ3) is 4.12. The fraction of sp³-hybridized carbons (Fsp3) is 0.562. The highest BCUT2D eigenvalue weighted by molar-refractivity contribution is 6.36. The summed E-state index contributed by atoms with van der Waals surface area (Å²) in [5.74, 6) is 0.364. The number of aliphatic hydroxyl groups is 1. The van der Waals surface area contributed by atoms with Gasteiger partial charge in [-0.1, -0.05) is 49.0 Å². The van der Waals surface area contributed by atoms with Crippen LogP contribution in [0.25, 0.3) is 0 Å². The molecule has 0 radical (unpaired) electrons. The van der Waals surface area contributed by atoms with Crippen LogP contribution in [-0.4, -0.2) is 23.2 Å². The van der Waals surface area contributed by atoms with Crippen molar-refractivity contribution in [3.8, 4) is 0 Å². The fourth-order valence-corrected chi connectivity index (χ4v) is 3.69. The Morgan fingerprint density at radius 1 is 1.43 bits per heavy atom. The molecule has 0 spiro atoms. The van der Waals surface area contributed by atoms with E-state index in [0.717, 1.165) is 25.7 Å². The second kappa shape index (κ2) is 6.99. The van der Waals surface area contributed by atoms with Gasteiger partial charge in [-0.25, -0.2) is 0 Å². The third-order valence-electron chi connectivity index (χ3n) is 4.20. The SMILES string of the molecule is CC1CCCC(CO)(NC(=O)Cc2c(Cl)cccc2Cl)C1. The van der Waals surface area contributed by atoms with Crippen molar-refractivity contribution in [2.75, 3.05) is 6.61 Å². The highest BCUT2D eigenvalue weighted by atomic mass is 35.5. The van der Waals surface area contributed by atoms with E-state index in [1.54, 1.807) is 18.2 Å². The Hall–Kier alpha value is -0.770. The summed E-state index contributed by atoms with van der Waals surface area (Å²) in [6, 6.07) is 5.20. The van der Waals surface area contributed by atoms with Crippen molar-refractivity contribution < 1.29 is 9.90 Å². The zero-order chi connectivity index (χ0) is 15.5. The molecule has 1 amide bonds. The fourth-order valence-electron chi connectivity index (χ4n) is 3.16. The zero-order valence-corrected chi connectivity index (χ0v) is 13.7. The first-order valence-electron chi connectivity index (χ1n) is 7.30. The highest BCUT2D eigenvalue weighted by Crippen LogP contribution is 2.32. The minimum Gasteiger partial charge on any atom is -0.394 e. The molecule has 2 rings (SSSR count). The van der Waals surface area contributed by atoms with Crippen LogP contribution in [-0.2, 0) is 11.2 Å². The Labute approximate surface area is 135 Å². The molecule has 0 bridgehead atoms. The molecule has 0 aromatic heterocycles. The molecule has 1 aliphatic rings. The van der Waals surface area contributed by atoms with Crippen molar-refractivity contribution >= 4 is 29.1 Å². The predicted molar refractivity (Wildman–Crippen MR) is 85.8 cm³/mol. The molecule has 116 valence electrons. The van der Waals surface area contributed by atoms with Gasteiger partial charge in [-0.05, 0) is 36.5 Å². The van der Waals surface area contributed by atoms with Crippen LogP contribution in [0.1, 0.15) is 38.2 Å². The molecule has 2 unspecified atom stereocenters. The van der Waals surface area contributed by atoms with E-state index in [1.165, 1.54) is 0 Å². The van der Waals surface area contributed by atoms with Gasteiger partial charge in [0, 0.05) is 10.0 Å². The molecule has 3 nitrogen and oxygen atoms in total. The van der Waals surface area contributed by atoms with Crippen molar-refractivity contribution in [2.45, 2.75) is 44.6 Å². The normalized spacial score (nSPS) is 25.6. The van der Waals surface area contributed by atoms with Gasteiger partial charge < -0.3 is 10.4 Å². The standard InChI is InChI=1S/C16H21Cl2NO2/c1-11-4-3-7-16(9-11,10-20)19-15(21)8-12-13(17)5-2-6-14(12)18/h2,5-6,11,20H,3-4,7-10H2,1H3,(H,19,21). The average molecular weight is 330 g/mol. The van der Waals surface area contributed by atoms with Crippen LogP contribution in [0.4, 0.5) is 0 Å². The van der Waals surface area contributed by atoms with E-state index >= 15 is 0 Å². The minimum atomic E-state index is -0.498. The lowest BCUT2D eigenvalue weighted by molar-refractivity contribution is -0.123. The number of hydrogen-bond donors (Lipinski definition) is 2. The Balaban J connectivity index is 2.07. The van der Waals surface area contributed by atoms with Crippen LogP contribution >= 0.6 is 23.2 Å². The van der Waals surface area contributed by atoms with Crippen LogP contribution in [0.3, 0.4) is 0 Å². The Kier molecular flexibility index (Phi) is 5.53. The van der Waals surface area contributed by atoms with E-state index in [0.29, 0.717) is 21.5 Å². The molecule has 5 heteroatoms. The van der Waals surface area contributed by atoms with Gasteiger partial charge in [-0.2, -0.15) is 0 Å². The van der Waals surface area contributed by atoms with Gasteiger partial charge in [0.1, 0.15) is 0 Å².